The maximum absolute atomic E-state index is 12.6. The minimum atomic E-state index is -0.672. The molecule has 0 aliphatic heterocycles. The smallest absolute Gasteiger partial charge is 0.247 e. The largest absolute Gasteiger partial charge is 0.340 e. The number of halogens is 6. The second-order valence-corrected chi connectivity index (χ2v) is 10.1. The molecule has 2 unspecified atom stereocenters. The lowest BCUT2D eigenvalue weighted by Gasteiger charge is -2.15. The molecule has 1 aromatic heterocycles. The second kappa shape index (κ2) is 11.0. The van der Waals surface area contributed by atoms with Crippen molar-refractivity contribution in [1.82, 2.24) is 13.7 Å². The van der Waals surface area contributed by atoms with E-state index in [4.69, 9.17) is 0 Å². The molecular weight excluding hydrogens is 714 g/mol. The van der Waals surface area contributed by atoms with Crippen LogP contribution in [-0.4, -0.2) is 39.3 Å². The van der Waals surface area contributed by atoms with Gasteiger partial charge in [-0.3, -0.25) is 0 Å². The van der Waals surface area contributed by atoms with Crippen LogP contribution in [0.3, 0.4) is 0 Å². The zero-order valence-electron chi connectivity index (χ0n) is 12.1. The summed E-state index contributed by atoms with van der Waals surface area (Å²) in [6.45, 7) is 0.286. The quantitative estimate of drug-likeness (QED) is 0.388. The third kappa shape index (κ3) is 6.04. The molecule has 0 aliphatic rings. The zero-order chi connectivity index (χ0) is 18.4. The van der Waals surface area contributed by atoms with Crippen molar-refractivity contribution in [3.8, 4) is 0 Å². The van der Waals surface area contributed by atoms with Gasteiger partial charge in [0.25, 0.3) is 0 Å². The average Bonchev–Trinajstić information content (AvgIpc) is 2.58. The summed E-state index contributed by atoms with van der Waals surface area (Å²) in [5.41, 5.74) is -1.97. The normalized spacial score (nSPS) is 14.7. The molecule has 6 nitrogen and oxygen atoms in total. The predicted molar refractivity (Wildman–Crippen MR) is 119 cm³/mol. The molecular formula is C12H13Br6N3O3. The summed E-state index contributed by atoms with van der Waals surface area (Å²) in [6.07, 6.45) is 1.38. The van der Waals surface area contributed by atoms with Gasteiger partial charge < -0.3 is 0 Å². The second-order valence-electron chi connectivity index (χ2n) is 4.65. The van der Waals surface area contributed by atoms with Crippen molar-refractivity contribution >= 4 is 102 Å². The molecule has 0 saturated carbocycles. The van der Waals surface area contributed by atoms with E-state index in [0.717, 1.165) is 13.7 Å². The lowest BCUT2D eigenvalue weighted by molar-refractivity contribution is 0.497. The maximum atomic E-state index is 12.6. The fraction of sp³-hybridized carbons (Fsp3) is 0.583. The van der Waals surface area contributed by atoms with Gasteiger partial charge in [-0.1, -0.05) is 95.6 Å². The van der Waals surface area contributed by atoms with Crippen molar-refractivity contribution < 1.29 is 0 Å². The fourth-order valence-corrected chi connectivity index (χ4v) is 3.08. The first-order valence-corrected chi connectivity index (χ1v) is 12.5. The van der Waals surface area contributed by atoms with Gasteiger partial charge in [-0.25, -0.2) is 28.1 Å². The first-order valence-electron chi connectivity index (χ1n) is 6.55. The fourth-order valence-electron chi connectivity index (χ4n) is 1.74. The van der Waals surface area contributed by atoms with Gasteiger partial charge >= 0.3 is 17.1 Å². The number of aromatic nitrogens is 3. The molecule has 0 spiro atoms. The van der Waals surface area contributed by atoms with Crippen LogP contribution >= 0.6 is 95.6 Å². The van der Waals surface area contributed by atoms with Crippen LogP contribution in [0.2, 0.25) is 0 Å². The van der Waals surface area contributed by atoms with Gasteiger partial charge in [-0.15, -0.1) is 0 Å². The topological polar surface area (TPSA) is 66.0 Å². The van der Waals surface area contributed by atoms with Crippen LogP contribution < -0.4 is 17.1 Å². The minimum absolute atomic E-state index is 0.123. The minimum Gasteiger partial charge on any atom is -0.247 e. The summed E-state index contributed by atoms with van der Waals surface area (Å²) in [5.74, 6) is 0. The Kier molecular flexibility index (Phi) is 10.6. The number of rotatable bonds is 8. The molecule has 0 fully saturated rings. The van der Waals surface area contributed by atoms with Crippen LogP contribution in [0, 0.1) is 0 Å². The van der Waals surface area contributed by atoms with Crippen molar-refractivity contribution in [2.45, 2.75) is 22.7 Å². The summed E-state index contributed by atoms with van der Waals surface area (Å²) < 4.78 is 3.65. The van der Waals surface area contributed by atoms with Gasteiger partial charge in [0.15, 0.2) is 0 Å². The molecule has 12 heteroatoms. The van der Waals surface area contributed by atoms with E-state index in [1.807, 2.05) is 0 Å². The van der Waals surface area contributed by atoms with Gasteiger partial charge in [-0.05, 0) is 0 Å². The Hall–Kier alpha value is 1.03. The van der Waals surface area contributed by atoms with E-state index in [2.05, 4.69) is 95.6 Å². The van der Waals surface area contributed by atoms with E-state index >= 15 is 0 Å². The Bertz CT molecular complexity index is 719. The highest BCUT2D eigenvalue weighted by molar-refractivity contribution is 9.14. The molecule has 0 amide bonds. The Morgan fingerprint density at radius 3 is 1.62 bits per heavy atom. The molecule has 1 rings (SSSR count). The SMILES string of the molecule is O=c1n(/C=C(/Br)CBr)c(=O)n(CC(Br)CBr)c(=O)n1CC(Br)CBr. The Balaban J connectivity index is 3.68. The summed E-state index contributed by atoms with van der Waals surface area (Å²) in [7, 11) is 0. The highest BCUT2D eigenvalue weighted by atomic mass is 79.9. The van der Waals surface area contributed by atoms with E-state index in [9.17, 15) is 14.4 Å². The van der Waals surface area contributed by atoms with Crippen molar-refractivity contribution in [1.29, 1.82) is 0 Å². The van der Waals surface area contributed by atoms with Crippen LogP contribution in [0.15, 0.2) is 18.9 Å². The van der Waals surface area contributed by atoms with Crippen molar-refractivity contribution in [2.75, 3.05) is 16.0 Å². The molecule has 0 aliphatic carbocycles. The van der Waals surface area contributed by atoms with Crippen LogP contribution in [0.5, 0.6) is 0 Å². The molecule has 0 aromatic carbocycles. The molecule has 0 radical (unpaired) electrons. The van der Waals surface area contributed by atoms with Crippen LogP contribution in [0.25, 0.3) is 6.20 Å². The molecule has 0 N–H and O–H groups in total. The summed E-state index contributed by atoms with van der Waals surface area (Å²) in [5, 5.41) is 1.55. The molecule has 2 atom stereocenters. The third-order valence-corrected chi connectivity index (χ3v) is 9.20. The number of hydrogen-bond donors (Lipinski definition) is 0. The van der Waals surface area contributed by atoms with Crippen LogP contribution in [0.4, 0.5) is 0 Å². The third-order valence-electron chi connectivity index (χ3n) is 2.83. The Morgan fingerprint density at radius 2 is 1.29 bits per heavy atom. The summed E-state index contributed by atoms with van der Waals surface area (Å²) in [4.78, 5) is 37.6. The van der Waals surface area contributed by atoms with Gasteiger partial charge in [0.1, 0.15) is 0 Å². The molecule has 0 saturated heterocycles. The van der Waals surface area contributed by atoms with E-state index in [0.29, 0.717) is 20.5 Å². The maximum Gasteiger partial charge on any atom is 0.340 e. The van der Waals surface area contributed by atoms with E-state index < -0.39 is 17.1 Å². The van der Waals surface area contributed by atoms with E-state index in [-0.39, 0.29) is 22.7 Å². The summed E-state index contributed by atoms with van der Waals surface area (Å²) >= 11 is 19.9. The molecule has 24 heavy (non-hydrogen) atoms. The van der Waals surface area contributed by atoms with E-state index in [1.54, 1.807) is 0 Å². The molecule has 1 aromatic rings. The standard InChI is InChI=1S/C12H13Br6N3O3/c13-1-7(16)4-19-10(22)20(5-8(17)2-14)12(24)21(11(19)23)6-9(18)3-15/h4,8-9H,1-3,5-6H2/b7-4+. The predicted octanol–water partition coefficient (Wildman–Crippen LogP) is 3.08. The Labute approximate surface area is 188 Å². The van der Waals surface area contributed by atoms with Gasteiger partial charge in [-0.2, -0.15) is 0 Å². The van der Waals surface area contributed by atoms with Gasteiger partial charge in [0.2, 0.25) is 0 Å². The van der Waals surface area contributed by atoms with Gasteiger partial charge in [0.05, 0.1) is 0 Å². The molecule has 0 bridgehead atoms. The molecule has 136 valence electrons. The number of nitrogens with zero attached hydrogens (tertiary/aromatic N) is 3. The van der Waals surface area contributed by atoms with Crippen LogP contribution in [0.1, 0.15) is 0 Å². The van der Waals surface area contributed by atoms with Crippen molar-refractivity contribution in [3.05, 3.63) is 35.9 Å². The lowest BCUT2D eigenvalue weighted by atomic mass is 10.4. The van der Waals surface area contributed by atoms with E-state index in [1.165, 1.54) is 6.20 Å². The van der Waals surface area contributed by atoms with Crippen LogP contribution in [-0.2, 0) is 13.1 Å². The lowest BCUT2D eigenvalue weighted by Crippen LogP contribution is -2.54. The highest BCUT2D eigenvalue weighted by Crippen LogP contribution is 2.09. The highest BCUT2D eigenvalue weighted by Gasteiger charge is 2.18. The first kappa shape index (κ1) is 23.1. The Morgan fingerprint density at radius 1 is 0.875 bits per heavy atom. The number of alkyl halides is 5. The monoisotopic (exact) mass is 721 g/mol. The van der Waals surface area contributed by atoms with Crippen molar-refractivity contribution in [2.24, 2.45) is 0 Å². The zero-order valence-corrected chi connectivity index (χ0v) is 21.6. The first-order chi connectivity index (χ1) is 11.3. The molecule has 1 heterocycles. The number of allylic oxidation sites excluding steroid dienone is 1. The number of hydrogen-bond acceptors (Lipinski definition) is 3. The average molecular weight is 727 g/mol. The van der Waals surface area contributed by atoms with Gasteiger partial charge in [0, 0.05) is 49.4 Å². The van der Waals surface area contributed by atoms with Crippen molar-refractivity contribution in [3.63, 3.8) is 0 Å². The summed E-state index contributed by atoms with van der Waals surface area (Å²) in [6, 6.07) is 0.